The number of nitrogens with two attached hydrogens (primary N) is 1. The maximum absolute atomic E-state index is 13.8. The van der Waals surface area contributed by atoms with Gasteiger partial charge in [0, 0.05) is 32.0 Å². The Balaban J connectivity index is 2.51. The molecular formula is C8H15FN2O2. The van der Waals surface area contributed by atoms with Gasteiger partial charge in [0.1, 0.15) is 5.67 Å². The van der Waals surface area contributed by atoms with E-state index >= 15 is 0 Å². The van der Waals surface area contributed by atoms with Gasteiger partial charge in [-0.15, -0.1) is 0 Å². The zero-order chi connectivity index (χ0) is 10.1. The van der Waals surface area contributed by atoms with E-state index in [0.717, 1.165) is 0 Å². The third kappa shape index (κ3) is 2.09. The highest BCUT2D eigenvalue weighted by atomic mass is 19.1. The van der Waals surface area contributed by atoms with Crippen LogP contribution in [0.2, 0.25) is 0 Å². The number of hydrogen-bond donors (Lipinski definition) is 2. The van der Waals surface area contributed by atoms with Gasteiger partial charge in [-0.05, 0) is 6.92 Å². The molecule has 1 atom stereocenters. The van der Waals surface area contributed by atoms with Crippen LogP contribution in [0.4, 0.5) is 9.18 Å². The smallest absolute Gasteiger partial charge is 0.407 e. The molecule has 0 bridgehead atoms. The van der Waals surface area contributed by atoms with Crippen molar-refractivity contribution in [3.8, 4) is 0 Å². The Morgan fingerprint density at radius 3 is 2.38 bits per heavy atom. The first kappa shape index (κ1) is 10.2. The lowest BCUT2D eigenvalue weighted by Crippen LogP contribution is -2.51. The highest BCUT2D eigenvalue weighted by Gasteiger charge is 2.38. The molecule has 1 heterocycles. The topological polar surface area (TPSA) is 66.6 Å². The molecule has 1 aliphatic heterocycles. The summed E-state index contributed by atoms with van der Waals surface area (Å²) >= 11 is 0. The molecule has 1 saturated heterocycles. The van der Waals surface area contributed by atoms with Crippen molar-refractivity contribution in [2.75, 3.05) is 13.1 Å². The average molecular weight is 190 g/mol. The van der Waals surface area contributed by atoms with Gasteiger partial charge in [-0.1, -0.05) is 0 Å². The van der Waals surface area contributed by atoms with Crippen LogP contribution in [0.3, 0.4) is 0 Å². The van der Waals surface area contributed by atoms with Crippen molar-refractivity contribution in [3.05, 3.63) is 0 Å². The van der Waals surface area contributed by atoms with Crippen LogP contribution in [0.15, 0.2) is 0 Å². The largest absolute Gasteiger partial charge is 0.465 e. The maximum Gasteiger partial charge on any atom is 0.407 e. The summed E-state index contributed by atoms with van der Waals surface area (Å²) in [7, 11) is 0. The van der Waals surface area contributed by atoms with Gasteiger partial charge in [-0.25, -0.2) is 9.18 Å². The first-order valence-corrected chi connectivity index (χ1v) is 4.38. The Hall–Kier alpha value is -0.840. The van der Waals surface area contributed by atoms with Gasteiger partial charge in [-0.3, -0.25) is 0 Å². The van der Waals surface area contributed by atoms with E-state index in [1.54, 1.807) is 6.92 Å². The molecule has 0 aromatic carbocycles. The Morgan fingerprint density at radius 2 is 2.08 bits per heavy atom. The van der Waals surface area contributed by atoms with E-state index in [-0.39, 0.29) is 25.9 Å². The first-order chi connectivity index (χ1) is 5.96. The number of halogens is 1. The van der Waals surface area contributed by atoms with E-state index in [9.17, 15) is 9.18 Å². The van der Waals surface area contributed by atoms with Gasteiger partial charge in [0.25, 0.3) is 0 Å². The van der Waals surface area contributed by atoms with Crippen molar-refractivity contribution in [3.63, 3.8) is 0 Å². The molecular weight excluding hydrogens is 175 g/mol. The molecule has 5 heteroatoms. The molecule has 1 amide bonds. The lowest BCUT2D eigenvalue weighted by Gasteiger charge is -2.37. The Labute approximate surface area is 76.5 Å². The summed E-state index contributed by atoms with van der Waals surface area (Å²) in [4.78, 5) is 11.7. The van der Waals surface area contributed by atoms with E-state index in [0.29, 0.717) is 0 Å². The van der Waals surface area contributed by atoms with Crippen LogP contribution in [0.1, 0.15) is 19.8 Å². The molecule has 4 nitrogen and oxygen atoms in total. The van der Waals surface area contributed by atoms with Gasteiger partial charge in [-0.2, -0.15) is 0 Å². The third-order valence-electron chi connectivity index (χ3n) is 2.68. The average Bonchev–Trinajstić information content (AvgIpc) is 2.04. The molecule has 13 heavy (non-hydrogen) atoms. The van der Waals surface area contributed by atoms with Crippen molar-refractivity contribution in [1.82, 2.24) is 4.90 Å². The normalized spacial score (nSPS) is 24.1. The van der Waals surface area contributed by atoms with Crippen LogP contribution in [0.5, 0.6) is 0 Å². The van der Waals surface area contributed by atoms with Gasteiger partial charge in [0.15, 0.2) is 0 Å². The molecule has 0 aliphatic carbocycles. The Kier molecular flexibility index (Phi) is 2.75. The molecule has 0 saturated carbocycles. The van der Waals surface area contributed by atoms with Gasteiger partial charge < -0.3 is 15.7 Å². The van der Waals surface area contributed by atoms with Crippen molar-refractivity contribution in [2.24, 2.45) is 5.73 Å². The molecule has 0 radical (unpaired) electrons. The lowest BCUT2D eigenvalue weighted by molar-refractivity contribution is 0.0420. The standard InChI is InChI=1S/C8H15FN2O2/c1-6(10)8(9)2-4-11(5-3-8)7(12)13/h6H,2-5,10H2,1H3,(H,12,13). The molecule has 0 spiro atoms. The molecule has 1 rings (SSSR count). The lowest BCUT2D eigenvalue weighted by atomic mass is 9.87. The van der Waals surface area contributed by atoms with Crippen molar-refractivity contribution in [1.29, 1.82) is 0 Å². The van der Waals surface area contributed by atoms with Crippen LogP contribution in [0.25, 0.3) is 0 Å². The summed E-state index contributed by atoms with van der Waals surface area (Å²) in [6.07, 6.45) is -0.569. The minimum absolute atomic E-state index is 0.205. The molecule has 1 aliphatic rings. The van der Waals surface area contributed by atoms with E-state index in [2.05, 4.69) is 0 Å². The number of alkyl halides is 1. The number of amides is 1. The molecule has 0 aromatic rings. The summed E-state index contributed by atoms with van der Waals surface area (Å²) in [6, 6.07) is -0.525. The van der Waals surface area contributed by atoms with E-state index in [4.69, 9.17) is 10.8 Å². The number of nitrogens with zero attached hydrogens (tertiary/aromatic N) is 1. The molecule has 1 fully saturated rings. The highest BCUT2D eigenvalue weighted by molar-refractivity contribution is 5.65. The number of carboxylic acid groups (broad SMARTS) is 1. The molecule has 76 valence electrons. The van der Waals surface area contributed by atoms with Gasteiger partial charge >= 0.3 is 6.09 Å². The monoisotopic (exact) mass is 190 g/mol. The van der Waals surface area contributed by atoms with Crippen molar-refractivity contribution >= 4 is 6.09 Å². The highest BCUT2D eigenvalue weighted by Crippen LogP contribution is 2.28. The summed E-state index contributed by atoms with van der Waals surface area (Å²) in [6.45, 7) is 2.11. The SMILES string of the molecule is CC(N)C1(F)CCN(C(=O)O)CC1. The fraction of sp³-hybridized carbons (Fsp3) is 0.875. The minimum Gasteiger partial charge on any atom is -0.465 e. The second-order valence-electron chi connectivity index (χ2n) is 3.59. The first-order valence-electron chi connectivity index (χ1n) is 4.38. The number of carbonyl (C=O) groups is 1. The van der Waals surface area contributed by atoms with Crippen LogP contribution in [-0.2, 0) is 0 Å². The van der Waals surface area contributed by atoms with Crippen molar-refractivity contribution < 1.29 is 14.3 Å². The number of hydrogen-bond acceptors (Lipinski definition) is 2. The van der Waals surface area contributed by atoms with E-state index in [1.165, 1.54) is 4.90 Å². The van der Waals surface area contributed by atoms with Crippen LogP contribution < -0.4 is 5.73 Å². The predicted octanol–water partition coefficient (Wildman–Crippen LogP) is 0.816. The van der Waals surface area contributed by atoms with E-state index in [1.807, 2.05) is 0 Å². The quantitative estimate of drug-likeness (QED) is 0.643. The molecule has 0 aromatic heterocycles. The summed E-state index contributed by atoms with van der Waals surface area (Å²) in [5.41, 5.74) is 4.10. The van der Waals surface area contributed by atoms with Crippen molar-refractivity contribution in [2.45, 2.75) is 31.5 Å². The second-order valence-corrected chi connectivity index (χ2v) is 3.59. The molecule has 1 unspecified atom stereocenters. The van der Waals surface area contributed by atoms with Gasteiger partial charge in [0.2, 0.25) is 0 Å². The zero-order valence-electron chi connectivity index (χ0n) is 7.66. The Bertz CT molecular complexity index is 200. The number of piperidine rings is 1. The van der Waals surface area contributed by atoms with Gasteiger partial charge in [0.05, 0.1) is 0 Å². The summed E-state index contributed by atoms with van der Waals surface area (Å²) in [5, 5.41) is 8.62. The number of rotatable bonds is 1. The summed E-state index contributed by atoms with van der Waals surface area (Å²) < 4.78 is 13.8. The predicted molar refractivity (Wildman–Crippen MR) is 46.3 cm³/mol. The fourth-order valence-corrected chi connectivity index (χ4v) is 1.53. The van der Waals surface area contributed by atoms with Crippen LogP contribution >= 0.6 is 0 Å². The van der Waals surface area contributed by atoms with Crippen LogP contribution in [0, 0.1) is 0 Å². The Morgan fingerprint density at radius 1 is 1.62 bits per heavy atom. The maximum atomic E-state index is 13.8. The van der Waals surface area contributed by atoms with E-state index < -0.39 is 17.8 Å². The summed E-state index contributed by atoms with van der Waals surface area (Å²) in [5.74, 6) is 0. The fourth-order valence-electron chi connectivity index (χ4n) is 1.53. The zero-order valence-corrected chi connectivity index (χ0v) is 7.66. The second kappa shape index (κ2) is 3.49. The molecule has 3 N–H and O–H groups in total. The number of likely N-dealkylation sites (tertiary alicyclic amines) is 1. The van der Waals surface area contributed by atoms with Crippen LogP contribution in [-0.4, -0.2) is 40.9 Å². The minimum atomic E-state index is -1.38. The third-order valence-corrected chi connectivity index (χ3v) is 2.68.